The van der Waals surface area contributed by atoms with Crippen LogP contribution in [0, 0.1) is 4.77 Å². The first kappa shape index (κ1) is 13.7. The summed E-state index contributed by atoms with van der Waals surface area (Å²) in [5, 5.41) is 0. The summed E-state index contributed by atoms with van der Waals surface area (Å²) >= 11 is 5.24. The van der Waals surface area contributed by atoms with Crippen molar-refractivity contribution >= 4 is 27.8 Å². The summed E-state index contributed by atoms with van der Waals surface area (Å²) < 4.78 is 27.1. The molecule has 0 unspecified atom stereocenters. The van der Waals surface area contributed by atoms with Gasteiger partial charge in [0.05, 0.1) is 18.2 Å². The molecule has 1 saturated heterocycles. The van der Waals surface area contributed by atoms with Crippen molar-refractivity contribution in [3.8, 4) is 0 Å². The predicted octanol–water partition coefficient (Wildman–Crippen LogP) is 0.337. The Hall–Kier alpha value is -1.32. The van der Waals surface area contributed by atoms with Crippen LogP contribution in [0.4, 0.5) is 0 Å². The van der Waals surface area contributed by atoms with E-state index in [0.717, 1.165) is 0 Å². The lowest BCUT2D eigenvalue weighted by Gasteiger charge is -2.23. The normalized spacial score (nSPS) is 21.8. The first-order valence-corrected chi connectivity index (χ1v) is 8.50. The molecule has 9 heteroatoms. The monoisotopic (exact) mass is 313 g/mol. The summed E-state index contributed by atoms with van der Waals surface area (Å²) in [6.07, 6.45) is 4.17. The Morgan fingerprint density at radius 3 is 3.05 bits per heavy atom. The van der Waals surface area contributed by atoms with Gasteiger partial charge in [-0.2, -0.15) is 4.98 Å². The van der Waals surface area contributed by atoms with Crippen LogP contribution in [0.2, 0.25) is 0 Å². The Morgan fingerprint density at radius 1 is 1.55 bits per heavy atom. The molecule has 0 spiro atoms. The SMILES string of the molecule is CN(Cn1c(=S)nc2ncccn21)[C@H]1CCS(=O)(=O)C1. The molecule has 2 aromatic rings. The first-order valence-electron chi connectivity index (χ1n) is 6.27. The number of fused-ring (bicyclic) bond motifs is 1. The molecule has 0 radical (unpaired) electrons. The molecule has 0 amide bonds. The topological polar surface area (TPSA) is 72.5 Å². The van der Waals surface area contributed by atoms with E-state index in [0.29, 0.717) is 23.6 Å². The fourth-order valence-corrected chi connectivity index (χ4v) is 4.47. The number of rotatable bonds is 3. The van der Waals surface area contributed by atoms with E-state index in [1.165, 1.54) is 0 Å². The number of sulfone groups is 1. The molecule has 0 aromatic carbocycles. The van der Waals surface area contributed by atoms with E-state index in [2.05, 4.69) is 9.97 Å². The average Bonchev–Trinajstić information content (AvgIpc) is 2.91. The molecule has 1 aliphatic rings. The molecular weight excluding hydrogens is 298 g/mol. The Morgan fingerprint density at radius 2 is 2.35 bits per heavy atom. The molecule has 3 rings (SSSR count). The van der Waals surface area contributed by atoms with E-state index in [-0.39, 0.29) is 17.5 Å². The van der Waals surface area contributed by atoms with Gasteiger partial charge in [0, 0.05) is 18.4 Å². The van der Waals surface area contributed by atoms with Crippen molar-refractivity contribution in [2.24, 2.45) is 0 Å². The van der Waals surface area contributed by atoms with E-state index >= 15 is 0 Å². The van der Waals surface area contributed by atoms with Crippen LogP contribution in [0.25, 0.3) is 5.78 Å². The predicted molar refractivity (Wildman–Crippen MR) is 76.6 cm³/mol. The van der Waals surface area contributed by atoms with Crippen LogP contribution in [0.1, 0.15) is 6.42 Å². The zero-order valence-corrected chi connectivity index (χ0v) is 12.6. The highest BCUT2D eigenvalue weighted by Gasteiger charge is 2.30. The van der Waals surface area contributed by atoms with Crippen molar-refractivity contribution in [2.75, 3.05) is 18.6 Å². The number of aromatic nitrogens is 4. The van der Waals surface area contributed by atoms with Gasteiger partial charge in [0.1, 0.15) is 0 Å². The molecule has 7 nitrogen and oxygen atoms in total. The lowest BCUT2D eigenvalue weighted by Crippen LogP contribution is -2.35. The van der Waals surface area contributed by atoms with E-state index in [1.54, 1.807) is 16.8 Å². The maximum Gasteiger partial charge on any atom is 0.251 e. The molecule has 2 aromatic heterocycles. The van der Waals surface area contributed by atoms with Crippen molar-refractivity contribution in [2.45, 2.75) is 19.1 Å². The second-order valence-electron chi connectivity index (χ2n) is 5.01. The molecule has 3 heterocycles. The van der Waals surface area contributed by atoms with Gasteiger partial charge < -0.3 is 0 Å². The molecule has 0 N–H and O–H groups in total. The minimum absolute atomic E-state index is 0.0316. The third kappa shape index (κ3) is 2.48. The van der Waals surface area contributed by atoms with Gasteiger partial charge in [-0.25, -0.2) is 22.6 Å². The van der Waals surface area contributed by atoms with Crippen molar-refractivity contribution in [1.82, 2.24) is 24.1 Å². The van der Waals surface area contributed by atoms with Crippen LogP contribution >= 0.6 is 12.2 Å². The minimum Gasteiger partial charge on any atom is -0.283 e. The second kappa shape index (κ2) is 4.90. The number of hydrogen-bond acceptors (Lipinski definition) is 6. The van der Waals surface area contributed by atoms with Crippen LogP contribution in [0.15, 0.2) is 18.5 Å². The van der Waals surface area contributed by atoms with Crippen LogP contribution in [0.3, 0.4) is 0 Å². The number of nitrogens with zero attached hydrogens (tertiary/aromatic N) is 5. The summed E-state index contributed by atoms with van der Waals surface area (Å²) in [5.41, 5.74) is 0. The highest BCUT2D eigenvalue weighted by atomic mass is 32.2. The smallest absolute Gasteiger partial charge is 0.251 e. The van der Waals surface area contributed by atoms with Crippen molar-refractivity contribution in [3.05, 3.63) is 23.2 Å². The largest absolute Gasteiger partial charge is 0.283 e. The Bertz CT molecular complexity index is 794. The van der Waals surface area contributed by atoms with Crippen molar-refractivity contribution < 1.29 is 8.42 Å². The fourth-order valence-electron chi connectivity index (χ4n) is 2.44. The molecular formula is C11H15N5O2S2. The van der Waals surface area contributed by atoms with E-state index in [4.69, 9.17) is 12.2 Å². The first-order chi connectivity index (χ1) is 9.46. The Kier molecular flexibility index (Phi) is 3.35. The van der Waals surface area contributed by atoms with Crippen molar-refractivity contribution in [3.63, 3.8) is 0 Å². The maximum atomic E-state index is 11.5. The Balaban J connectivity index is 1.86. The molecule has 1 aliphatic heterocycles. The molecule has 0 aliphatic carbocycles. The molecule has 0 saturated carbocycles. The van der Waals surface area contributed by atoms with Gasteiger partial charge in [0.15, 0.2) is 9.84 Å². The van der Waals surface area contributed by atoms with Crippen LogP contribution in [-0.4, -0.2) is 57.1 Å². The van der Waals surface area contributed by atoms with E-state index in [9.17, 15) is 8.42 Å². The van der Waals surface area contributed by atoms with Gasteiger partial charge in [0.2, 0.25) is 4.77 Å². The zero-order chi connectivity index (χ0) is 14.3. The van der Waals surface area contributed by atoms with Crippen LogP contribution in [-0.2, 0) is 16.5 Å². The minimum atomic E-state index is -2.88. The quantitative estimate of drug-likeness (QED) is 0.761. The summed E-state index contributed by atoms with van der Waals surface area (Å²) in [5.74, 6) is 1.03. The van der Waals surface area contributed by atoms with Gasteiger partial charge in [-0.15, -0.1) is 0 Å². The third-order valence-electron chi connectivity index (χ3n) is 3.57. The summed E-state index contributed by atoms with van der Waals surface area (Å²) in [7, 11) is -0.978. The average molecular weight is 313 g/mol. The molecule has 0 bridgehead atoms. The summed E-state index contributed by atoms with van der Waals surface area (Å²) in [6.45, 7) is 0.492. The molecule has 108 valence electrons. The van der Waals surface area contributed by atoms with Crippen molar-refractivity contribution in [1.29, 1.82) is 0 Å². The van der Waals surface area contributed by atoms with Gasteiger partial charge >= 0.3 is 0 Å². The van der Waals surface area contributed by atoms with Gasteiger partial charge in [-0.1, -0.05) is 0 Å². The zero-order valence-electron chi connectivity index (χ0n) is 11.0. The maximum absolute atomic E-state index is 11.5. The van der Waals surface area contributed by atoms with Crippen LogP contribution < -0.4 is 0 Å². The number of hydrogen-bond donors (Lipinski definition) is 0. The molecule has 1 atom stereocenters. The third-order valence-corrected chi connectivity index (χ3v) is 5.63. The highest BCUT2D eigenvalue weighted by Crippen LogP contribution is 2.17. The Labute approximate surface area is 121 Å². The lowest BCUT2D eigenvalue weighted by molar-refractivity contribution is 0.192. The van der Waals surface area contributed by atoms with Gasteiger partial charge in [-0.3, -0.25) is 4.90 Å². The van der Waals surface area contributed by atoms with E-state index in [1.807, 2.05) is 22.8 Å². The highest BCUT2D eigenvalue weighted by molar-refractivity contribution is 7.91. The fraction of sp³-hybridized carbons (Fsp3) is 0.545. The van der Waals surface area contributed by atoms with Gasteiger partial charge in [0.25, 0.3) is 5.78 Å². The summed E-state index contributed by atoms with van der Waals surface area (Å²) in [4.78, 5) is 10.3. The molecule has 1 fully saturated rings. The lowest BCUT2D eigenvalue weighted by atomic mass is 10.2. The van der Waals surface area contributed by atoms with Crippen LogP contribution in [0.5, 0.6) is 0 Å². The van der Waals surface area contributed by atoms with Gasteiger partial charge in [-0.05, 0) is 31.8 Å². The second-order valence-corrected chi connectivity index (χ2v) is 7.61. The summed E-state index contributed by atoms with van der Waals surface area (Å²) in [6, 6.07) is 1.84. The standard InChI is InChI=1S/C11H15N5O2S2/c1-14(9-3-6-20(17,18)7-9)8-16-11(19)13-10-12-4-2-5-15(10)16/h2,4-5,9H,3,6-8H2,1H3/t9-/m0/s1. The molecule has 20 heavy (non-hydrogen) atoms. The van der Waals surface area contributed by atoms with E-state index < -0.39 is 9.84 Å².